The van der Waals surface area contributed by atoms with Crippen molar-refractivity contribution < 1.29 is 0 Å². The van der Waals surface area contributed by atoms with Gasteiger partial charge in [-0.2, -0.15) is 0 Å². The lowest BCUT2D eigenvalue weighted by molar-refractivity contribution is 0.277. The number of aliphatic imine (C=N–C) groups is 1. The van der Waals surface area contributed by atoms with E-state index in [-0.39, 0.29) is 0 Å². The van der Waals surface area contributed by atoms with Gasteiger partial charge in [0.1, 0.15) is 0 Å². The fourth-order valence-corrected chi connectivity index (χ4v) is 2.18. The maximum absolute atomic E-state index is 6.04. The second-order valence-electron chi connectivity index (χ2n) is 5.11. The average molecular weight is 246 g/mol. The molecule has 1 aliphatic heterocycles. The van der Waals surface area contributed by atoms with Crippen LogP contribution in [0.1, 0.15) is 31.0 Å². The molecule has 0 amide bonds. The first-order chi connectivity index (χ1) is 8.66. The van der Waals surface area contributed by atoms with Crippen LogP contribution in [0, 0.1) is 12.8 Å². The van der Waals surface area contributed by atoms with Crippen molar-refractivity contribution in [3.63, 3.8) is 0 Å². The Morgan fingerprint density at radius 2 is 2.22 bits per heavy atom. The molecule has 0 spiro atoms. The van der Waals surface area contributed by atoms with Crippen LogP contribution in [0.5, 0.6) is 0 Å². The van der Waals surface area contributed by atoms with Crippen LogP contribution in [-0.2, 0) is 6.54 Å². The molecule has 1 aromatic rings. The van der Waals surface area contributed by atoms with Gasteiger partial charge in [-0.25, -0.2) is 4.99 Å². The molecule has 98 valence electrons. The molecule has 1 fully saturated rings. The van der Waals surface area contributed by atoms with Gasteiger partial charge in [0.15, 0.2) is 5.96 Å². The van der Waals surface area contributed by atoms with Gasteiger partial charge in [0, 0.05) is 19.3 Å². The molecule has 0 aromatic carbocycles. The Morgan fingerprint density at radius 3 is 2.89 bits per heavy atom. The van der Waals surface area contributed by atoms with E-state index in [4.69, 9.17) is 5.73 Å². The largest absolute Gasteiger partial charge is 0.370 e. The first-order valence-corrected chi connectivity index (χ1v) is 6.62. The Balaban J connectivity index is 1.95. The van der Waals surface area contributed by atoms with Gasteiger partial charge in [-0.1, -0.05) is 13.0 Å². The zero-order valence-electron chi connectivity index (χ0n) is 11.3. The van der Waals surface area contributed by atoms with E-state index in [1.165, 1.54) is 18.4 Å². The molecule has 18 heavy (non-hydrogen) atoms. The number of pyridine rings is 1. The molecule has 1 saturated heterocycles. The molecule has 1 aromatic heterocycles. The summed E-state index contributed by atoms with van der Waals surface area (Å²) >= 11 is 0. The third-order valence-electron chi connectivity index (χ3n) is 3.62. The van der Waals surface area contributed by atoms with E-state index in [0.29, 0.717) is 12.5 Å². The molecule has 0 atom stereocenters. The zero-order valence-corrected chi connectivity index (χ0v) is 11.3. The summed E-state index contributed by atoms with van der Waals surface area (Å²) in [6.45, 7) is 6.97. The molecule has 4 nitrogen and oxygen atoms in total. The van der Waals surface area contributed by atoms with Crippen LogP contribution in [0.25, 0.3) is 0 Å². The average Bonchev–Trinajstić information content (AvgIpc) is 2.38. The molecule has 2 N–H and O–H groups in total. The molecule has 2 heterocycles. The first-order valence-electron chi connectivity index (χ1n) is 6.62. The van der Waals surface area contributed by atoms with Crippen LogP contribution < -0.4 is 5.73 Å². The fourth-order valence-electron chi connectivity index (χ4n) is 2.18. The SMILES string of the molecule is Cc1cccnc1CN=C(N)N1CCC(C)CC1. The van der Waals surface area contributed by atoms with Crippen molar-refractivity contribution in [2.24, 2.45) is 16.6 Å². The maximum atomic E-state index is 6.04. The normalized spacial score (nSPS) is 18.1. The number of aryl methyl sites for hydroxylation is 1. The Hall–Kier alpha value is -1.58. The standard InChI is InChI=1S/C14H22N4/c1-11-5-8-18(9-6-11)14(15)17-10-13-12(2)4-3-7-16-13/h3-4,7,11H,5-6,8-10H2,1-2H3,(H2,15,17). The van der Waals surface area contributed by atoms with Crippen molar-refractivity contribution in [2.45, 2.75) is 33.2 Å². The summed E-state index contributed by atoms with van der Waals surface area (Å²) in [5.74, 6) is 1.47. The first kappa shape index (κ1) is 12.9. The minimum Gasteiger partial charge on any atom is -0.370 e. The quantitative estimate of drug-likeness (QED) is 0.641. The Kier molecular flexibility index (Phi) is 4.18. The molecular weight excluding hydrogens is 224 g/mol. The van der Waals surface area contributed by atoms with Crippen LogP contribution in [0.3, 0.4) is 0 Å². The lowest BCUT2D eigenvalue weighted by Gasteiger charge is -2.31. The molecule has 4 heteroatoms. The van der Waals surface area contributed by atoms with Gasteiger partial charge in [0.05, 0.1) is 12.2 Å². The zero-order chi connectivity index (χ0) is 13.0. The molecule has 1 aliphatic rings. The van der Waals surface area contributed by atoms with Crippen LogP contribution in [0.2, 0.25) is 0 Å². The summed E-state index contributed by atoms with van der Waals surface area (Å²) in [7, 11) is 0. The minimum absolute atomic E-state index is 0.574. The van der Waals surface area contributed by atoms with Crippen molar-refractivity contribution in [3.8, 4) is 0 Å². The van der Waals surface area contributed by atoms with Gasteiger partial charge >= 0.3 is 0 Å². The van der Waals surface area contributed by atoms with Crippen LogP contribution in [0.4, 0.5) is 0 Å². The van der Waals surface area contributed by atoms with Crippen molar-refractivity contribution in [1.82, 2.24) is 9.88 Å². The van der Waals surface area contributed by atoms with E-state index >= 15 is 0 Å². The Morgan fingerprint density at radius 1 is 1.50 bits per heavy atom. The van der Waals surface area contributed by atoms with Crippen LogP contribution >= 0.6 is 0 Å². The van der Waals surface area contributed by atoms with E-state index in [1.807, 2.05) is 6.07 Å². The number of nitrogens with zero attached hydrogens (tertiary/aromatic N) is 3. The maximum Gasteiger partial charge on any atom is 0.191 e. The van der Waals surface area contributed by atoms with Gasteiger partial charge in [-0.15, -0.1) is 0 Å². The number of rotatable bonds is 2. The topological polar surface area (TPSA) is 54.5 Å². The Bertz CT molecular complexity index is 420. The third kappa shape index (κ3) is 3.22. The second-order valence-corrected chi connectivity index (χ2v) is 5.11. The molecule has 0 saturated carbocycles. The van der Waals surface area contributed by atoms with Crippen LogP contribution in [0.15, 0.2) is 23.3 Å². The Labute approximate surface area is 109 Å². The molecular formula is C14H22N4. The predicted octanol–water partition coefficient (Wildman–Crippen LogP) is 1.94. The number of hydrogen-bond donors (Lipinski definition) is 1. The summed E-state index contributed by atoms with van der Waals surface area (Å²) in [6.07, 6.45) is 4.22. The lowest BCUT2D eigenvalue weighted by Crippen LogP contribution is -2.42. The van der Waals surface area contributed by atoms with Gasteiger partial charge in [-0.3, -0.25) is 4.98 Å². The second kappa shape index (κ2) is 5.85. The van der Waals surface area contributed by atoms with Gasteiger partial charge in [0.2, 0.25) is 0 Å². The van der Waals surface area contributed by atoms with E-state index in [0.717, 1.165) is 24.7 Å². The molecule has 0 unspecified atom stereocenters. The smallest absolute Gasteiger partial charge is 0.191 e. The van der Waals surface area contributed by atoms with Crippen molar-refractivity contribution in [2.75, 3.05) is 13.1 Å². The number of aromatic nitrogens is 1. The predicted molar refractivity (Wildman–Crippen MR) is 74.3 cm³/mol. The van der Waals surface area contributed by atoms with E-state index in [1.54, 1.807) is 6.20 Å². The number of piperidine rings is 1. The van der Waals surface area contributed by atoms with Crippen molar-refractivity contribution in [1.29, 1.82) is 0 Å². The number of guanidine groups is 1. The van der Waals surface area contributed by atoms with Crippen LogP contribution in [-0.4, -0.2) is 28.9 Å². The number of hydrogen-bond acceptors (Lipinski definition) is 2. The van der Waals surface area contributed by atoms with E-state index < -0.39 is 0 Å². The summed E-state index contributed by atoms with van der Waals surface area (Å²) in [6, 6.07) is 3.99. The fraction of sp³-hybridized carbons (Fsp3) is 0.571. The van der Waals surface area contributed by atoms with E-state index in [9.17, 15) is 0 Å². The highest BCUT2D eigenvalue weighted by Crippen LogP contribution is 2.15. The highest BCUT2D eigenvalue weighted by Gasteiger charge is 2.16. The minimum atomic E-state index is 0.574. The van der Waals surface area contributed by atoms with Gasteiger partial charge < -0.3 is 10.6 Å². The monoisotopic (exact) mass is 246 g/mol. The van der Waals surface area contributed by atoms with Crippen molar-refractivity contribution in [3.05, 3.63) is 29.6 Å². The highest BCUT2D eigenvalue weighted by molar-refractivity contribution is 5.78. The van der Waals surface area contributed by atoms with Gasteiger partial charge in [0.25, 0.3) is 0 Å². The summed E-state index contributed by atoms with van der Waals surface area (Å²) in [5, 5.41) is 0. The number of nitrogens with two attached hydrogens (primary N) is 1. The summed E-state index contributed by atoms with van der Waals surface area (Å²) in [5.41, 5.74) is 8.21. The lowest BCUT2D eigenvalue weighted by atomic mass is 10.00. The molecule has 2 rings (SSSR count). The van der Waals surface area contributed by atoms with Crippen molar-refractivity contribution >= 4 is 5.96 Å². The van der Waals surface area contributed by atoms with E-state index in [2.05, 4.69) is 34.8 Å². The third-order valence-corrected chi connectivity index (χ3v) is 3.62. The van der Waals surface area contributed by atoms with Gasteiger partial charge in [-0.05, 0) is 37.3 Å². The molecule has 0 radical (unpaired) electrons. The number of likely N-dealkylation sites (tertiary alicyclic amines) is 1. The highest BCUT2D eigenvalue weighted by atomic mass is 15.3. The molecule has 0 bridgehead atoms. The summed E-state index contributed by atoms with van der Waals surface area (Å²) < 4.78 is 0. The summed E-state index contributed by atoms with van der Waals surface area (Å²) in [4.78, 5) is 11.0. The molecule has 0 aliphatic carbocycles.